The number of hydrogen-bond acceptors (Lipinski definition) is 12. The molecule has 2 aromatic heterocycles. The fourth-order valence-corrected chi connectivity index (χ4v) is 7.65. The van der Waals surface area contributed by atoms with Gasteiger partial charge in [0.05, 0.1) is 32.8 Å². The minimum absolute atomic E-state index is 0.291. The molecular formula is C40H40N10S2. The van der Waals surface area contributed by atoms with E-state index in [1.165, 1.54) is 36.4 Å². The first-order chi connectivity index (χ1) is 25.5. The summed E-state index contributed by atoms with van der Waals surface area (Å²) in [5, 5.41) is 38.4. The van der Waals surface area contributed by atoms with Crippen molar-refractivity contribution in [3.63, 3.8) is 0 Å². The number of anilines is 2. The molecule has 1 aliphatic carbocycles. The van der Waals surface area contributed by atoms with Gasteiger partial charge in [-0.1, -0.05) is 110 Å². The molecule has 4 aromatic rings. The Kier molecular flexibility index (Phi) is 12.6. The van der Waals surface area contributed by atoms with Gasteiger partial charge in [0.15, 0.2) is 0 Å². The van der Waals surface area contributed by atoms with Crippen molar-refractivity contribution in [3.05, 3.63) is 129 Å². The minimum Gasteiger partial charge on any atom is -0.352 e. The first-order valence-electron chi connectivity index (χ1n) is 17.4. The molecule has 12 heteroatoms. The highest BCUT2D eigenvalue weighted by atomic mass is 32.2. The number of aromatic nitrogens is 4. The van der Waals surface area contributed by atoms with Gasteiger partial charge in [0, 0.05) is 35.3 Å². The monoisotopic (exact) mass is 724 g/mol. The van der Waals surface area contributed by atoms with Crippen molar-refractivity contribution in [2.75, 3.05) is 10.6 Å². The van der Waals surface area contributed by atoms with Gasteiger partial charge in [-0.25, -0.2) is 19.9 Å². The van der Waals surface area contributed by atoms with E-state index in [9.17, 15) is 10.5 Å². The highest BCUT2D eigenvalue weighted by Crippen LogP contribution is 2.36. The molecule has 0 bridgehead atoms. The van der Waals surface area contributed by atoms with Crippen molar-refractivity contribution < 1.29 is 0 Å². The molecule has 0 saturated heterocycles. The highest BCUT2D eigenvalue weighted by molar-refractivity contribution is 8.06. The summed E-state index contributed by atoms with van der Waals surface area (Å²) in [6, 6.07) is 29.0. The van der Waals surface area contributed by atoms with Gasteiger partial charge < -0.3 is 21.3 Å². The Labute approximate surface area is 313 Å². The van der Waals surface area contributed by atoms with Crippen molar-refractivity contribution in [2.24, 2.45) is 0 Å². The van der Waals surface area contributed by atoms with Crippen LogP contribution in [0.1, 0.15) is 74.9 Å². The third kappa shape index (κ3) is 9.40. The van der Waals surface area contributed by atoms with Crippen LogP contribution in [0.25, 0.3) is 22.5 Å². The lowest BCUT2D eigenvalue weighted by Crippen LogP contribution is -2.17. The quantitative estimate of drug-likeness (QED) is 0.116. The second kappa shape index (κ2) is 18.1. The van der Waals surface area contributed by atoms with E-state index in [-0.39, 0.29) is 0 Å². The molecule has 0 radical (unpaired) electrons. The van der Waals surface area contributed by atoms with E-state index in [2.05, 4.69) is 67.2 Å². The zero-order valence-electron chi connectivity index (χ0n) is 29.1. The third-order valence-corrected chi connectivity index (χ3v) is 10.3. The van der Waals surface area contributed by atoms with E-state index in [0.29, 0.717) is 46.5 Å². The van der Waals surface area contributed by atoms with Gasteiger partial charge in [-0.3, -0.25) is 0 Å². The fraction of sp³-hybridized carbons (Fsp3) is 0.250. The predicted molar refractivity (Wildman–Crippen MR) is 213 cm³/mol. The molecule has 1 fully saturated rings. The Morgan fingerprint density at radius 1 is 0.769 bits per heavy atom. The van der Waals surface area contributed by atoms with Crippen molar-refractivity contribution in [2.45, 2.75) is 64.5 Å². The van der Waals surface area contributed by atoms with E-state index in [0.717, 1.165) is 58.3 Å². The molecule has 7 rings (SSSR count). The van der Waals surface area contributed by atoms with Crippen LogP contribution in [0, 0.1) is 22.7 Å². The van der Waals surface area contributed by atoms with Crippen molar-refractivity contribution in [1.82, 2.24) is 30.6 Å². The van der Waals surface area contributed by atoms with Gasteiger partial charge in [-0.15, -0.1) is 0 Å². The van der Waals surface area contributed by atoms with Gasteiger partial charge in [0.25, 0.3) is 0 Å². The first-order valence-corrected chi connectivity index (χ1v) is 19.2. The molecule has 3 aliphatic rings. The molecule has 2 aliphatic heterocycles. The summed E-state index contributed by atoms with van der Waals surface area (Å²) >= 11 is 3.02. The molecule has 2 aromatic carbocycles. The summed E-state index contributed by atoms with van der Waals surface area (Å²) < 4.78 is 0. The van der Waals surface area contributed by atoms with Crippen LogP contribution >= 0.6 is 23.5 Å². The Hall–Kier alpha value is -5.56. The number of nitrogens with one attached hydrogen (secondary N) is 4. The molecular weight excluding hydrogens is 685 g/mol. The minimum atomic E-state index is 0.291. The summed E-state index contributed by atoms with van der Waals surface area (Å²) in [6.07, 6.45) is 10.3. The highest BCUT2D eigenvalue weighted by Gasteiger charge is 2.21. The van der Waals surface area contributed by atoms with Crippen LogP contribution in [0.4, 0.5) is 11.9 Å². The average molecular weight is 725 g/mol. The van der Waals surface area contributed by atoms with Gasteiger partial charge >= 0.3 is 0 Å². The average Bonchev–Trinajstić information content (AvgIpc) is 3.98. The summed E-state index contributed by atoms with van der Waals surface area (Å²) in [4.78, 5) is 17.7. The predicted octanol–water partition coefficient (Wildman–Crippen LogP) is 8.96. The SMILES string of the molecule is CCCC(C)Nc1nccc(C(C#N)=C2NC(c3ccccc3)=CS2)n1.N#CC(=C1NC(c2ccccc2)=CS1)c1ccnc(NC2CCCC2)n1. The molecule has 10 nitrogen and oxygen atoms in total. The van der Waals surface area contributed by atoms with E-state index in [1.54, 1.807) is 24.5 Å². The molecule has 52 heavy (non-hydrogen) atoms. The van der Waals surface area contributed by atoms with E-state index < -0.39 is 0 Å². The maximum Gasteiger partial charge on any atom is 0.223 e. The molecule has 4 N–H and O–H groups in total. The van der Waals surface area contributed by atoms with E-state index in [4.69, 9.17) is 0 Å². The molecule has 4 heterocycles. The Morgan fingerprint density at radius 2 is 1.27 bits per heavy atom. The molecule has 262 valence electrons. The topological polar surface area (TPSA) is 147 Å². The summed E-state index contributed by atoms with van der Waals surface area (Å²) in [7, 11) is 0. The van der Waals surface area contributed by atoms with Crippen LogP contribution in [-0.2, 0) is 0 Å². The maximum absolute atomic E-state index is 9.71. The Morgan fingerprint density at radius 3 is 1.77 bits per heavy atom. The zero-order valence-corrected chi connectivity index (χ0v) is 30.8. The van der Waals surface area contributed by atoms with Gasteiger partial charge in [-0.05, 0) is 49.4 Å². The molecule has 1 saturated carbocycles. The lowest BCUT2D eigenvalue weighted by Gasteiger charge is -2.13. The van der Waals surface area contributed by atoms with Crippen molar-refractivity contribution in [3.8, 4) is 12.1 Å². The number of allylic oxidation sites excluding steroid dienone is 2. The van der Waals surface area contributed by atoms with E-state index in [1.807, 2.05) is 71.5 Å². The zero-order chi connectivity index (χ0) is 36.1. The normalized spacial score (nSPS) is 17.5. The first kappa shape index (κ1) is 36.2. The van der Waals surface area contributed by atoms with Gasteiger partial charge in [-0.2, -0.15) is 10.5 Å². The van der Waals surface area contributed by atoms with Crippen LogP contribution in [0.5, 0.6) is 0 Å². The summed E-state index contributed by atoms with van der Waals surface area (Å²) in [6.45, 7) is 4.25. The lowest BCUT2D eigenvalue weighted by molar-refractivity contribution is 0.683. The number of thioether (sulfide) groups is 2. The number of nitrogens with zero attached hydrogens (tertiary/aromatic N) is 6. The van der Waals surface area contributed by atoms with Gasteiger partial charge in [0.2, 0.25) is 11.9 Å². The van der Waals surface area contributed by atoms with Gasteiger partial charge in [0.1, 0.15) is 23.3 Å². The number of rotatable bonds is 10. The van der Waals surface area contributed by atoms with Crippen molar-refractivity contribution >= 4 is 58.0 Å². The van der Waals surface area contributed by atoms with Crippen LogP contribution < -0.4 is 21.3 Å². The third-order valence-electron chi connectivity index (χ3n) is 8.54. The number of hydrogen-bond donors (Lipinski definition) is 4. The summed E-state index contributed by atoms with van der Waals surface area (Å²) in [5.41, 5.74) is 6.48. The molecule has 0 amide bonds. The molecule has 1 atom stereocenters. The van der Waals surface area contributed by atoms with Crippen LogP contribution in [0.15, 0.2) is 106 Å². The summed E-state index contributed by atoms with van der Waals surface area (Å²) in [5.74, 6) is 1.15. The second-order valence-electron chi connectivity index (χ2n) is 12.4. The fourth-order valence-electron chi connectivity index (χ4n) is 5.92. The largest absolute Gasteiger partial charge is 0.352 e. The lowest BCUT2D eigenvalue weighted by atomic mass is 10.1. The molecule has 0 spiro atoms. The number of nitriles is 2. The Balaban J connectivity index is 0.000000179. The maximum atomic E-state index is 9.71. The van der Waals surface area contributed by atoms with Crippen LogP contribution in [-0.4, -0.2) is 32.0 Å². The standard InChI is InChI=1S/C20H19N5S.C20H21N5S/c21-12-16(19-24-18(13-26-19)14-6-2-1-3-7-14)17-10-11-22-20(25-17)23-15-8-4-5-9-15;1-3-7-14(2)23-20-22-11-10-17(25-20)16(12-21)19-24-18(13-26-19)15-8-5-4-6-9-15/h1-3,6-7,10-11,13,15,24H,4-5,8-9H2,(H,22,23,25);4-6,8-11,13-14,24H,3,7H2,1-2H3,(H,22,23,25). The van der Waals surface area contributed by atoms with E-state index >= 15 is 0 Å². The van der Waals surface area contributed by atoms with Crippen LogP contribution in [0.3, 0.4) is 0 Å². The van der Waals surface area contributed by atoms with Crippen molar-refractivity contribution in [1.29, 1.82) is 10.5 Å². The smallest absolute Gasteiger partial charge is 0.223 e. The van der Waals surface area contributed by atoms with Crippen LogP contribution in [0.2, 0.25) is 0 Å². The Bertz CT molecular complexity index is 2060. The number of benzene rings is 2. The molecule has 1 unspecified atom stereocenters. The second-order valence-corrected chi connectivity index (χ2v) is 14.2.